The first kappa shape index (κ1) is 20.1. The summed E-state index contributed by atoms with van der Waals surface area (Å²) >= 11 is 14.2. The van der Waals surface area contributed by atoms with Gasteiger partial charge in [0.2, 0.25) is 5.91 Å². The van der Waals surface area contributed by atoms with E-state index in [4.69, 9.17) is 23.2 Å². The standard InChI is InChI=1S/C19H22Cl2N4OS/c1-4-22-6-5-14-12(3)25(18-15(14)7-13(20)8-16(18)21)10-17(26)24-19-23-9-11(2)27-19/h7-9,22H,4-6,10H2,1-3H3,(H,23,24,26). The van der Waals surface area contributed by atoms with Crippen molar-refractivity contribution in [2.75, 3.05) is 18.4 Å². The Labute approximate surface area is 172 Å². The lowest BCUT2D eigenvalue weighted by Gasteiger charge is -2.09. The summed E-state index contributed by atoms with van der Waals surface area (Å²) in [7, 11) is 0. The van der Waals surface area contributed by atoms with Gasteiger partial charge in [-0.1, -0.05) is 30.1 Å². The van der Waals surface area contributed by atoms with Gasteiger partial charge in [0.25, 0.3) is 0 Å². The number of benzene rings is 1. The molecule has 144 valence electrons. The van der Waals surface area contributed by atoms with E-state index in [-0.39, 0.29) is 12.5 Å². The lowest BCUT2D eigenvalue weighted by molar-refractivity contribution is -0.116. The van der Waals surface area contributed by atoms with E-state index in [0.717, 1.165) is 46.5 Å². The van der Waals surface area contributed by atoms with Gasteiger partial charge in [-0.25, -0.2) is 4.98 Å². The van der Waals surface area contributed by atoms with Crippen molar-refractivity contribution in [2.45, 2.75) is 33.7 Å². The Balaban J connectivity index is 1.95. The van der Waals surface area contributed by atoms with Crippen LogP contribution in [0.5, 0.6) is 0 Å². The lowest BCUT2D eigenvalue weighted by atomic mass is 10.1. The van der Waals surface area contributed by atoms with E-state index in [1.165, 1.54) is 11.3 Å². The predicted octanol–water partition coefficient (Wildman–Crippen LogP) is 4.81. The first-order valence-electron chi connectivity index (χ1n) is 8.80. The molecule has 0 aliphatic carbocycles. The summed E-state index contributed by atoms with van der Waals surface area (Å²) in [6, 6.07) is 3.65. The highest BCUT2D eigenvalue weighted by molar-refractivity contribution is 7.15. The second kappa shape index (κ2) is 8.61. The van der Waals surface area contributed by atoms with Gasteiger partial charge in [-0.05, 0) is 51.1 Å². The third kappa shape index (κ3) is 4.46. The molecule has 3 rings (SSSR count). The van der Waals surface area contributed by atoms with Gasteiger partial charge >= 0.3 is 0 Å². The number of carbonyl (C=O) groups excluding carboxylic acids is 1. The van der Waals surface area contributed by atoms with Gasteiger partial charge in [0.05, 0.1) is 10.5 Å². The van der Waals surface area contributed by atoms with Gasteiger partial charge < -0.3 is 15.2 Å². The van der Waals surface area contributed by atoms with Crippen molar-refractivity contribution < 1.29 is 4.79 Å². The number of aryl methyl sites for hydroxylation is 1. The van der Waals surface area contributed by atoms with Gasteiger partial charge in [0.15, 0.2) is 5.13 Å². The maximum absolute atomic E-state index is 12.6. The number of rotatable bonds is 7. The van der Waals surface area contributed by atoms with Gasteiger partial charge in [-0.2, -0.15) is 0 Å². The Morgan fingerprint density at radius 1 is 1.30 bits per heavy atom. The maximum Gasteiger partial charge on any atom is 0.246 e. The third-order valence-electron chi connectivity index (χ3n) is 4.44. The first-order chi connectivity index (χ1) is 12.9. The number of nitrogens with one attached hydrogen (secondary N) is 2. The summed E-state index contributed by atoms with van der Waals surface area (Å²) in [5, 5.41) is 8.95. The van der Waals surface area contributed by atoms with Crippen LogP contribution in [0.1, 0.15) is 23.1 Å². The van der Waals surface area contributed by atoms with Crippen molar-refractivity contribution in [3.63, 3.8) is 0 Å². The van der Waals surface area contributed by atoms with Crippen molar-refractivity contribution in [1.29, 1.82) is 0 Å². The molecule has 2 N–H and O–H groups in total. The minimum Gasteiger partial charge on any atom is -0.334 e. The fraction of sp³-hybridized carbons (Fsp3) is 0.368. The van der Waals surface area contributed by atoms with Crippen LogP contribution < -0.4 is 10.6 Å². The molecular weight excluding hydrogens is 403 g/mol. The van der Waals surface area contributed by atoms with E-state index >= 15 is 0 Å². The molecule has 0 saturated carbocycles. The zero-order valence-corrected chi connectivity index (χ0v) is 17.9. The van der Waals surface area contributed by atoms with Crippen molar-refractivity contribution in [2.24, 2.45) is 0 Å². The average Bonchev–Trinajstić information content (AvgIpc) is 3.11. The van der Waals surface area contributed by atoms with Crippen LogP contribution in [0.4, 0.5) is 5.13 Å². The van der Waals surface area contributed by atoms with Crippen molar-refractivity contribution in [1.82, 2.24) is 14.9 Å². The number of halogens is 2. The molecule has 0 radical (unpaired) electrons. The van der Waals surface area contributed by atoms with Crippen LogP contribution in [0.15, 0.2) is 18.3 Å². The minimum atomic E-state index is -0.131. The highest BCUT2D eigenvalue weighted by Crippen LogP contribution is 2.34. The monoisotopic (exact) mass is 424 g/mol. The summed E-state index contributed by atoms with van der Waals surface area (Å²) in [6.07, 6.45) is 2.58. The fourth-order valence-corrected chi connectivity index (χ4v) is 4.49. The molecule has 1 aromatic carbocycles. The highest BCUT2D eigenvalue weighted by atomic mass is 35.5. The molecule has 0 fully saturated rings. The van der Waals surface area contributed by atoms with E-state index in [0.29, 0.717) is 15.2 Å². The molecule has 3 aromatic rings. The SMILES string of the molecule is CCNCCc1c(C)n(CC(=O)Nc2ncc(C)s2)c2c(Cl)cc(Cl)cc12. The first-order valence-corrected chi connectivity index (χ1v) is 10.4. The van der Waals surface area contributed by atoms with Crippen LogP contribution in [-0.4, -0.2) is 28.5 Å². The van der Waals surface area contributed by atoms with E-state index in [9.17, 15) is 4.79 Å². The lowest BCUT2D eigenvalue weighted by Crippen LogP contribution is -2.20. The number of anilines is 1. The smallest absolute Gasteiger partial charge is 0.246 e. The van der Waals surface area contributed by atoms with Crippen LogP contribution in [0.2, 0.25) is 10.0 Å². The molecule has 0 aliphatic heterocycles. The Kier molecular flexibility index (Phi) is 6.42. The van der Waals surface area contributed by atoms with Crippen LogP contribution in [0, 0.1) is 13.8 Å². The number of nitrogens with zero attached hydrogens (tertiary/aromatic N) is 2. The molecular formula is C19H22Cl2N4OS. The number of fused-ring (bicyclic) bond motifs is 1. The molecule has 0 bridgehead atoms. The number of hydrogen-bond donors (Lipinski definition) is 2. The Morgan fingerprint density at radius 3 is 2.74 bits per heavy atom. The zero-order valence-electron chi connectivity index (χ0n) is 15.5. The third-order valence-corrected chi connectivity index (χ3v) is 5.77. The van der Waals surface area contributed by atoms with E-state index < -0.39 is 0 Å². The molecule has 8 heteroatoms. The maximum atomic E-state index is 12.6. The van der Waals surface area contributed by atoms with Crippen molar-refractivity contribution in [3.8, 4) is 0 Å². The number of amides is 1. The number of carbonyl (C=O) groups is 1. The summed E-state index contributed by atoms with van der Waals surface area (Å²) in [6.45, 7) is 7.99. The Morgan fingerprint density at radius 2 is 2.07 bits per heavy atom. The van der Waals surface area contributed by atoms with Gasteiger partial charge in [0.1, 0.15) is 6.54 Å². The summed E-state index contributed by atoms with van der Waals surface area (Å²) in [4.78, 5) is 17.8. The van der Waals surface area contributed by atoms with Crippen molar-refractivity contribution >= 4 is 56.5 Å². The molecule has 2 aromatic heterocycles. The number of likely N-dealkylation sites (N-methyl/N-ethyl adjacent to an activating group) is 1. The molecule has 0 aliphatic rings. The van der Waals surface area contributed by atoms with Crippen LogP contribution >= 0.6 is 34.5 Å². The number of thiazole rings is 1. The summed E-state index contributed by atoms with van der Waals surface area (Å²) < 4.78 is 1.96. The Hall–Kier alpha value is -1.60. The van der Waals surface area contributed by atoms with Crippen LogP contribution in [0.3, 0.4) is 0 Å². The zero-order chi connectivity index (χ0) is 19.6. The van der Waals surface area contributed by atoms with E-state index in [1.54, 1.807) is 12.3 Å². The molecule has 2 heterocycles. The Bertz CT molecular complexity index is 980. The van der Waals surface area contributed by atoms with Crippen LogP contribution in [-0.2, 0) is 17.8 Å². The summed E-state index contributed by atoms with van der Waals surface area (Å²) in [5.74, 6) is -0.131. The normalized spacial score (nSPS) is 11.3. The van der Waals surface area contributed by atoms with Gasteiger partial charge in [-0.15, -0.1) is 11.3 Å². The van der Waals surface area contributed by atoms with E-state index in [2.05, 4.69) is 22.5 Å². The largest absolute Gasteiger partial charge is 0.334 e. The topological polar surface area (TPSA) is 59.0 Å². The van der Waals surface area contributed by atoms with Gasteiger partial charge in [0, 0.05) is 27.2 Å². The number of hydrogen-bond acceptors (Lipinski definition) is 4. The predicted molar refractivity (Wildman–Crippen MR) is 114 cm³/mol. The quantitative estimate of drug-likeness (QED) is 0.534. The summed E-state index contributed by atoms with van der Waals surface area (Å²) in [5.41, 5.74) is 3.03. The minimum absolute atomic E-state index is 0.131. The second-order valence-corrected chi connectivity index (χ2v) is 8.44. The average molecular weight is 425 g/mol. The molecule has 27 heavy (non-hydrogen) atoms. The highest BCUT2D eigenvalue weighted by Gasteiger charge is 2.19. The van der Waals surface area contributed by atoms with Gasteiger partial charge in [-0.3, -0.25) is 4.79 Å². The van der Waals surface area contributed by atoms with Crippen LogP contribution in [0.25, 0.3) is 10.9 Å². The van der Waals surface area contributed by atoms with Crippen molar-refractivity contribution in [3.05, 3.63) is 44.5 Å². The van der Waals surface area contributed by atoms with E-state index in [1.807, 2.05) is 24.5 Å². The molecule has 0 unspecified atom stereocenters. The molecule has 5 nitrogen and oxygen atoms in total. The fourth-order valence-electron chi connectivity index (χ4n) is 3.21. The second-order valence-electron chi connectivity index (χ2n) is 6.36. The molecule has 0 spiro atoms. The number of aromatic nitrogens is 2. The molecule has 0 atom stereocenters. The molecule has 0 saturated heterocycles. The molecule has 1 amide bonds.